The van der Waals surface area contributed by atoms with Crippen LogP contribution in [0.5, 0.6) is 0 Å². The van der Waals surface area contributed by atoms with Crippen LogP contribution in [0.3, 0.4) is 0 Å². The van der Waals surface area contributed by atoms with Crippen LogP contribution in [0.2, 0.25) is 0 Å². The van der Waals surface area contributed by atoms with Gasteiger partial charge in [0.2, 0.25) is 0 Å². The van der Waals surface area contributed by atoms with E-state index in [0.717, 1.165) is 45.6 Å². The molecule has 2 amide bonds. The second-order valence-electron chi connectivity index (χ2n) is 7.68. The van der Waals surface area contributed by atoms with Crippen LogP contribution in [0.25, 0.3) is 22.2 Å². The third-order valence-electron chi connectivity index (χ3n) is 5.36. The Kier molecular flexibility index (Phi) is 5.20. The molecule has 2 aromatic heterocycles. The van der Waals surface area contributed by atoms with Crippen molar-refractivity contribution in [2.75, 3.05) is 18.4 Å². The summed E-state index contributed by atoms with van der Waals surface area (Å²) in [6.07, 6.45) is 4.50. The first-order valence-electron chi connectivity index (χ1n) is 10.0. The number of hydrogen-bond acceptors (Lipinski definition) is 4. The van der Waals surface area contributed by atoms with Gasteiger partial charge in [0.1, 0.15) is 11.6 Å². The molecule has 1 aliphatic rings. The second-order valence-corrected chi connectivity index (χ2v) is 7.68. The molecule has 0 atom stereocenters. The van der Waals surface area contributed by atoms with Gasteiger partial charge in [0.15, 0.2) is 5.65 Å². The van der Waals surface area contributed by atoms with Crippen molar-refractivity contribution in [1.82, 2.24) is 19.9 Å². The highest BCUT2D eigenvalue weighted by Gasteiger charge is 2.20. The lowest BCUT2D eigenvalue weighted by Gasteiger charge is -2.19. The molecule has 7 heteroatoms. The number of anilines is 1. The Morgan fingerprint density at radius 3 is 2.67 bits per heavy atom. The van der Waals surface area contributed by atoms with Gasteiger partial charge >= 0.3 is 6.03 Å². The summed E-state index contributed by atoms with van der Waals surface area (Å²) >= 11 is 0. The van der Waals surface area contributed by atoms with Gasteiger partial charge in [-0.2, -0.15) is 0 Å². The summed E-state index contributed by atoms with van der Waals surface area (Å²) in [4.78, 5) is 27.6. The number of carbonyl (C=O) groups excluding carboxylic acids is 1. The number of urea groups is 1. The van der Waals surface area contributed by atoms with Crippen molar-refractivity contribution in [2.24, 2.45) is 0 Å². The molecular weight excluding hydrogens is 381 g/mol. The van der Waals surface area contributed by atoms with Gasteiger partial charge in [-0.1, -0.05) is 18.6 Å². The van der Waals surface area contributed by atoms with Gasteiger partial charge < -0.3 is 10.2 Å². The van der Waals surface area contributed by atoms with E-state index in [1.54, 1.807) is 17.2 Å². The molecule has 0 unspecified atom stereocenters. The Labute approximate surface area is 174 Å². The van der Waals surface area contributed by atoms with Crippen LogP contribution in [0, 0.1) is 19.7 Å². The number of aromatic nitrogens is 3. The van der Waals surface area contributed by atoms with Crippen molar-refractivity contribution < 1.29 is 9.18 Å². The molecule has 3 heterocycles. The molecule has 0 aliphatic carbocycles. The van der Waals surface area contributed by atoms with Gasteiger partial charge in [0.25, 0.3) is 0 Å². The third-order valence-corrected chi connectivity index (χ3v) is 5.36. The number of benzene rings is 1. The SMILES string of the molecule is CCc1ncc2cc(-c3cc(NC(=O)N4CC=C(C)C4)c(F)cc3C)c(C)nc2n1. The Balaban J connectivity index is 1.71. The minimum atomic E-state index is -0.462. The van der Waals surface area contributed by atoms with Gasteiger partial charge in [-0.3, -0.25) is 0 Å². The van der Waals surface area contributed by atoms with Crippen molar-refractivity contribution in [3.63, 3.8) is 0 Å². The number of rotatable bonds is 3. The average molecular weight is 405 g/mol. The number of halogens is 1. The number of carbonyl (C=O) groups is 1. The minimum Gasteiger partial charge on any atom is -0.317 e. The molecular formula is C23H24FN5O. The smallest absolute Gasteiger partial charge is 0.317 e. The maximum atomic E-state index is 14.6. The van der Waals surface area contributed by atoms with Gasteiger partial charge in [-0.05, 0) is 50.1 Å². The maximum Gasteiger partial charge on any atom is 0.322 e. The van der Waals surface area contributed by atoms with Crippen LogP contribution < -0.4 is 5.32 Å². The van der Waals surface area contributed by atoms with Crippen LogP contribution in [-0.4, -0.2) is 39.0 Å². The Hall–Kier alpha value is -3.35. The largest absolute Gasteiger partial charge is 0.322 e. The lowest BCUT2D eigenvalue weighted by Crippen LogP contribution is -2.33. The molecule has 0 saturated carbocycles. The van der Waals surface area contributed by atoms with Gasteiger partial charge in [-0.25, -0.2) is 24.1 Å². The van der Waals surface area contributed by atoms with E-state index >= 15 is 0 Å². The van der Waals surface area contributed by atoms with Crippen LogP contribution in [0.4, 0.5) is 14.9 Å². The summed E-state index contributed by atoms with van der Waals surface area (Å²) in [5.74, 6) is 0.285. The van der Waals surface area contributed by atoms with E-state index in [0.29, 0.717) is 18.7 Å². The predicted molar refractivity (Wildman–Crippen MR) is 116 cm³/mol. The predicted octanol–water partition coefficient (Wildman–Crippen LogP) is 4.80. The van der Waals surface area contributed by atoms with E-state index in [1.165, 1.54) is 6.07 Å². The molecule has 30 heavy (non-hydrogen) atoms. The van der Waals surface area contributed by atoms with Crippen LogP contribution >= 0.6 is 0 Å². The molecule has 1 aromatic carbocycles. The standard InChI is InChI=1S/C23H24FN5O/c1-5-21-25-11-16-9-18(15(4)26-22(16)28-21)17-10-20(19(24)8-14(17)3)27-23(30)29-7-6-13(2)12-29/h6,8-11H,5,7,12H2,1-4H3,(H,27,30). The van der Waals surface area contributed by atoms with Crippen molar-refractivity contribution in [2.45, 2.75) is 34.1 Å². The van der Waals surface area contributed by atoms with Crippen LogP contribution in [0.1, 0.15) is 30.9 Å². The highest BCUT2D eigenvalue weighted by molar-refractivity contribution is 5.92. The molecule has 3 aromatic rings. The fraction of sp³-hybridized carbons (Fsp3) is 0.304. The van der Waals surface area contributed by atoms with E-state index in [2.05, 4.69) is 20.3 Å². The summed E-state index contributed by atoms with van der Waals surface area (Å²) in [7, 11) is 0. The summed E-state index contributed by atoms with van der Waals surface area (Å²) < 4.78 is 14.6. The zero-order valence-corrected chi connectivity index (χ0v) is 17.6. The molecule has 6 nitrogen and oxygen atoms in total. The highest BCUT2D eigenvalue weighted by atomic mass is 19.1. The third kappa shape index (κ3) is 3.75. The fourth-order valence-electron chi connectivity index (χ4n) is 3.63. The molecule has 1 N–H and O–H groups in total. The van der Waals surface area contributed by atoms with E-state index < -0.39 is 5.82 Å². The fourth-order valence-corrected chi connectivity index (χ4v) is 3.63. The summed E-state index contributed by atoms with van der Waals surface area (Å²) in [5, 5.41) is 3.54. The number of nitrogens with one attached hydrogen (secondary N) is 1. The number of amides is 2. The van der Waals surface area contributed by atoms with Crippen molar-refractivity contribution >= 4 is 22.8 Å². The number of fused-ring (bicyclic) bond motifs is 1. The van der Waals surface area contributed by atoms with Crippen molar-refractivity contribution in [3.05, 3.63) is 58.9 Å². The molecule has 1 aliphatic heterocycles. The summed E-state index contributed by atoms with van der Waals surface area (Å²) in [6, 6.07) is 4.77. The summed E-state index contributed by atoms with van der Waals surface area (Å²) in [6.45, 7) is 8.81. The van der Waals surface area contributed by atoms with E-state index in [1.807, 2.05) is 39.8 Å². The normalized spacial score (nSPS) is 13.6. The topological polar surface area (TPSA) is 71.0 Å². The molecule has 0 spiro atoms. The zero-order valence-electron chi connectivity index (χ0n) is 17.6. The number of aryl methyl sites for hydroxylation is 3. The second kappa shape index (κ2) is 7.82. The molecule has 154 valence electrons. The zero-order chi connectivity index (χ0) is 21.4. The maximum absolute atomic E-state index is 14.6. The number of pyridine rings is 1. The van der Waals surface area contributed by atoms with Crippen molar-refractivity contribution in [3.8, 4) is 11.1 Å². The van der Waals surface area contributed by atoms with E-state index in [9.17, 15) is 9.18 Å². The minimum absolute atomic E-state index is 0.155. The monoisotopic (exact) mass is 405 g/mol. The number of hydrogen-bond donors (Lipinski definition) is 1. The van der Waals surface area contributed by atoms with Gasteiger partial charge in [-0.15, -0.1) is 0 Å². The molecule has 4 rings (SSSR count). The molecule has 0 bridgehead atoms. The highest BCUT2D eigenvalue weighted by Crippen LogP contribution is 2.32. The Bertz CT molecular complexity index is 1190. The molecule has 0 fully saturated rings. The number of nitrogens with zero attached hydrogens (tertiary/aromatic N) is 4. The Morgan fingerprint density at radius 1 is 1.17 bits per heavy atom. The van der Waals surface area contributed by atoms with Crippen molar-refractivity contribution in [1.29, 1.82) is 0 Å². The van der Waals surface area contributed by atoms with Gasteiger partial charge in [0, 0.05) is 42.4 Å². The average Bonchev–Trinajstić information content (AvgIpc) is 3.15. The lowest BCUT2D eigenvalue weighted by molar-refractivity contribution is 0.223. The first kappa shape index (κ1) is 19.9. The molecule has 0 saturated heterocycles. The molecule has 0 radical (unpaired) electrons. The van der Waals surface area contributed by atoms with E-state index in [-0.39, 0.29) is 11.7 Å². The Morgan fingerprint density at radius 2 is 1.97 bits per heavy atom. The first-order valence-corrected chi connectivity index (χ1v) is 10.0. The lowest BCUT2D eigenvalue weighted by atomic mass is 9.97. The first-order chi connectivity index (χ1) is 14.4. The van der Waals surface area contributed by atoms with Crippen LogP contribution in [-0.2, 0) is 6.42 Å². The van der Waals surface area contributed by atoms with E-state index in [4.69, 9.17) is 0 Å². The van der Waals surface area contributed by atoms with Gasteiger partial charge in [0.05, 0.1) is 5.69 Å². The quantitative estimate of drug-likeness (QED) is 0.635. The van der Waals surface area contributed by atoms with Crippen LogP contribution in [0.15, 0.2) is 36.0 Å². The summed E-state index contributed by atoms with van der Waals surface area (Å²) in [5.41, 5.74) is 5.15.